The molecule has 0 saturated carbocycles. The maximum Gasteiger partial charge on any atom is 0.367 e. The van der Waals surface area contributed by atoms with Gasteiger partial charge in [0.25, 0.3) is 0 Å². The zero-order chi connectivity index (χ0) is 16.7. The molecule has 0 aliphatic heterocycles. The van der Waals surface area contributed by atoms with Crippen LogP contribution in [0.4, 0.5) is 4.39 Å². The smallest absolute Gasteiger partial charge is 0.367 e. The van der Waals surface area contributed by atoms with E-state index < -0.39 is 11.8 Å². The second-order valence-electron chi connectivity index (χ2n) is 5.00. The largest absolute Gasteiger partial charge is 0.461 e. The van der Waals surface area contributed by atoms with E-state index in [1.54, 1.807) is 19.1 Å². The molecule has 0 fully saturated rings. The van der Waals surface area contributed by atoms with Crippen LogP contribution in [-0.2, 0) is 9.53 Å². The highest BCUT2D eigenvalue weighted by molar-refractivity contribution is 5.87. The summed E-state index contributed by atoms with van der Waals surface area (Å²) < 4.78 is 18.3. The van der Waals surface area contributed by atoms with Gasteiger partial charge in [-0.2, -0.15) is 4.39 Å². The molecule has 0 aromatic heterocycles. The van der Waals surface area contributed by atoms with Crippen molar-refractivity contribution in [3.8, 4) is 11.1 Å². The molecule has 2 nitrogen and oxygen atoms in total. The molecular weight excluding hydrogens is 291 g/mol. The Bertz CT molecular complexity index is 741. The van der Waals surface area contributed by atoms with Crippen molar-refractivity contribution in [3.05, 3.63) is 77.7 Å². The van der Waals surface area contributed by atoms with Crippen LogP contribution in [0.1, 0.15) is 19.4 Å². The van der Waals surface area contributed by atoms with Crippen LogP contribution < -0.4 is 0 Å². The first-order valence-corrected chi connectivity index (χ1v) is 7.49. The zero-order valence-electron chi connectivity index (χ0n) is 13.3. The summed E-state index contributed by atoms with van der Waals surface area (Å²) >= 11 is 0. The minimum atomic E-state index is -0.923. The molecule has 118 valence electrons. The highest BCUT2D eigenvalue weighted by Gasteiger charge is 2.11. The molecule has 23 heavy (non-hydrogen) atoms. The third-order valence-electron chi connectivity index (χ3n) is 3.36. The first-order chi connectivity index (χ1) is 11.1. The lowest BCUT2D eigenvalue weighted by Crippen LogP contribution is -2.05. The van der Waals surface area contributed by atoms with Crippen LogP contribution in [0, 0.1) is 0 Å². The molecule has 0 radical (unpaired) electrons. The molecule has 0 saturated heterocycles. The Kier molecular flexibility index (Phi) is 5.87. The molecule has 0 spiro atoms. The fourth-order valence-corrected chi connectivity index (χ4v) is 2.17. The van der Waals surface area contributed by atoms with Crippen LogP contribution in [0.3, 0.4) is 0 Å². The summed E-state index contributed by atoms with van der Waals surface area (Å²) in [4.78, 5) is 11.3. The number of esters is 1. The van der Waals surface area contributed by atoms with Crippen LogP contribution in [-0.4, -0.2) is 12.6 Å². The number of allylic oxidation sites excluding steroid dienone is 4. The van der Waals surface area contributed by atoms with Crippen molar-refractivity contribution in [3.63, 3.8) is 0 Å². The van der Waals surface area contributed by atoms with Gasteiger partial charge in [-0.25, -0.2) is 4.79 Å². The number of fused-ring (bicyclic) bond motifs is 1. The van der Waals surface area contributed by atoms with Crippen LogP contribution in [0.2, 0.25) is 0 Å². The quantitative estimate of drug-likeness (QED) is 0.433. The van der Waals surface area contributed by atoms with E-state index in [0.29, 0.717) is 0 Å². The van der Waals surface area contributed by atoms with E-state index in [0.717, 1.165) is 11.1 Å². The fraction of sp³-hybridized carbons (Fsp3) is 0.150. The van der Waals surface area contributed by atoms with Gasteiger partial charge in [0.15, 0.2) is 0 Å². The zero-order valence-corrected chi connectivity index (χ0v) is 13.3. The topological polar surface area (TPSA) is 26.3 Å². The Morgan fingerprint density at radius 2 is 1.91 bits per heavy atom. The highest BCUT2D eigenvalue weighted by Crippen LogP contribution is 2.27. The molecule has 0 aromatic carbocycles. The third-order valence-corrected chi connectivity index (χ3v) is 3.36. The van der Waals surface area contributed by atoms with Crippen molar-refractivity contribution in [1.29, 1.82) is 0 Å². The van der Waals surface area contributed by atoms with Crippen LogP contribution in [0.15, 0.2) is 72.1 Å². The molecular formula is C20H19FO2. The van der Waals surface area contributed by atoms with Crippen molar-refractivity contribution in [1.82, 2.24) is 0 Å². The van der Waals surface area contributed by atoms with E-state index in [-0.39, 0.29) is 12.2 Å². The molecule has 2 aliphatic carbocycles. The molecule has 0 N–H and O–H groups in total. The Hall–Kier alpha value is -2.68. The van der Waals surface area contributed by atoms with E-state index in [1.165, 1.54) is 12.5 Å². The molecule has 2 aliphatic rings. The maximum atomic E-state index is 13.7. The predicted molar refractivity (Wildman–Crippen MR) is 91.7 cm³/mol. The predicted octanol–water partition coefficient (Wildman–Crippen LogP) is 5.17. The van der Waals surface area contributed by atoms with Crippen LogP contribution in [0.25, 0.3) is 17.2 Å². The van der Waals surface area contributed by atoms with E-state index in [2.05, 4.69) is 22.9 Å². The van der Waals surface area contributed by atoms with Gasteiger partial charge in [-0.15, -0.1) is 0 Å². The van der Waals surface area contributed by atoms with Crippen molar-refractivity contribution in [2.45, 2.75) is 13.8 Å². The molecule has 0 amide bonds. The Morgan fingerprint density at radius 3 is 2.70 bits per heavy atom. The summed E-state index contributed by atoms with van der Waals surface area (Å²) in [7, 11) is 0. The molecule has 0 unspecified atom stereocenters. The van der Waals surface area contributed by atoms with E-state index in [4.69, 9.17) is 0 Å². The number of hydrogen-bond donors (Lipinski definition) is 0. The van der Waals surface area contributed by atoms with Crippen LogP contribution >= 0.6 is 0 Å². The first kappa shape index (κ1) is 16.7. The SMILES string of the molecule is CCOC(=O)C(F)=C(C)C=CC=Cc1ccc2cccccc1-2. The molecule has 0 atom stereocenters. The number of ether oxygens (including phenoxy) is 1. The molecule has 0 heterocycles. The van der Waals surface area contributed by atoms with Gasteiger partial charge in [0.2, 0.25) is 5.83 Å². The number of hydrogen-bond acceptors (Lipinski definition) is 2. The van der Waals surface area contributed by atoms with Crippen LogP contribution in [0.5, 0.6) is 0 Å². The van der Waals surface area contributed by atoms with Crippen molar-refractivity contribution < 1.29 is 13.9 Å². The number of carbonyl (C=O) groups excluding carboxylic acids is 1. The monoisotopic (exact) mass is 310 g/mol. The average Bonchev–Trinajstić information content (AvgIpc) is 2.77. The minimum absolute atomic E-state index is 0.157. The number of halogens is 1. The molecule has 2 rings (SSSR count). The van der Waals surface area contributed by atoms with Crippen molar-refractivity contribution in [2.24, 2.45) is 0 Å². The van der Waals surface area contributed by atoms with Gasteiger partial charge in [-0.05, 0) is 36.1 Å². The Labute approximate surface area is 135 Å². The molecule has 0 bridgehead atoms. The fourth-order valence-electron chi connectivity index (χ4n) is 2.17. The van der Waals surface area contributed by atoms with Gasteiger partial charge >= 0.3 is 5.97 Å². The van der Waals surface area contributed by atoms with Gasteiger partial charge in [0.05, 0.1) is 6.61 Å². The van der Waals surface area contributed by atoms with Gasteiger partial charge in [0.1, 0.15) is 0 Å². The summed E-state index contributed by atoms with van der Waals surface area (Å²) in [6.45, 7) is 3.34. The van der Waals surface area contributed by atoms with Crippen molar-refractivity contribution >= 4 is 12.0 Å². The Balaban J connectivity index is 2.09. The van der Waals surface area contributed by atoms with Gasteiger partial charge in [-0.3, -0.25) is 0 Å². The lowest BCUT2D eigenvalue weighted by Gasteiger charge is -1.99. The second-order valence-corrected chi connectivity index (χ2v) is 5.00. The lowest BCUT2D eigenvalue weighted by atomic mass is 10.1. The summed E-state index contributed by atoms with van der Waals surface area (Å²) in [5, 5.41) is 0. The van der Waals surface area contributed by atoms with E-state index >= 15 is 0 Å². The minimum Gasteiger partial charge on any atom is -0.461 e. The maximum absolute atomic E-state index is 13.7. The molecule has 3 heteroatoms. The third kappa shape index (κ3) is 4.39. The number of rotatable bonds is 5. The lowest BCUT2D eigenvalue weighted by molar-refractivity contribution is -0.140. The summed E-state index contributed by atoms with van der Waals surface area (Å²) in [5.41, 5.74) is 3.66. The standard InChI is InChI=1S/C20H19FO2/c1-3-23-20(22)19(21)15(2)9-7-8-11-17-14-13-16-10-5-4-6-12-18(16)17/h4-14H,3H2,1-2H3. The second kappa shape index (κ2) is 8.08. The Morgan fingerprint density at radius 1 is 1.13 bits per heavy atom. The summed E-state index contributed by atoms with van der Waals surface area (Å²) in [6.07, 6.45) is 7.03. The van der Waals surface area contributed by atoms with Gasteiger partial charge in [0, 0.05) is 0 Å². The van der Waals surface area contributed by atoms with Crippen molar-refractivity contribution in [2.75, 3.05) is 6.61 Å². The number of carbonyl (C=O) groups is 1. The van der Waals surface area contributed by atoms with E-state index in [1.807, 2.05) is 36.4 Å². The van der Waals surface area contributed by atoms with Gasteiger partial charge in [-0.1, -0.05) is 66.8 Å². The van der Waals surface area contributed by atoms with Gasteiger partial charge < -0.3 is 4.74 Å². The highest BCUT2D eigenvalue weighted by atomic mass is 19.1. The molecule has 0 aromatic rings. The average molecular weight is 310 g/mol. The summed E-state index contributed by atoms with van der Waals surface area (Å²) in [6, 6.07) is 14.2. The first-order valence-electron chi connectivity index (χ1n) is 7.49. The summed E-state index contributed by atoms with van der Waals surface area (Å²) in [5.74, 6) is -1.78. The normalized spacial score (nSPS) is 12.8. The van der Waals surface area contributed by atoms with E-state index in [9.17, 15) is 9.18 Å².